The summed E-state index contributed by atoms with van der Waals surface area (Å²) in [5, 5.41) is 0. The normalized spacial score (nSPS) is 13.2. The molecule has 1 unspecified atom stereocenters. The van der Waals surface area contributed by atoms with E-state index < -0.39 is 6.10 Å². The number of allylic oxidation sites excluding steroid dienone is 24. The molecule has 0 amide bonds. The van der Waals surface area contributed by atoms with Crippen LogP contribution in [0.5, 0.6) is 0 Å². The summed E-state index contributed by atoms with van der Waals surface area (Å²) in [7, 11) is 0. The van der Waals surface area contributed by atoms with Crippen LogP contribution in [0.1, 0.15) is 226 Å². The second-order valence-electron chi connectivity index (χ2n) is 18.1. The molecule has 0 saturated carbocycles. The fourth-order valence-electron chi connectivity index (χ4n) is 7.15. The molecule has 0 aliphatic heterocycles. The molecule has 0 fully saturated rings. The van der Waals surface area contributed by atoms with Crippen molar-refractivity contribution in [3.8, 4) is 0 Å². The van der Waals surface area contributed by atoms with E-state index in [4.69, 9.17) is 14.2 Å². The zero-order chi connectivity index (χ0) is 51.4. The molecule has 0 aliphatic carbocycles. The third kappa shape index (κ3) is 56.1. The van der Waals surface area contributed by atoms with Crippen LogP contribution < -0.4 is 0 Å². The predicted molar refractivity (Wildman–Crippen MR) is 306 cm³/mol. The van der Waals surface area contributed by atoms with Gasteiger partial charge >= 0.3 is 17.9 Å². The molecule has 0 saturated heterocycles. The summed E-state index contributed by atoms with van der Waals surface area (Å²) in [5.74, 6) is -1.07. The van der Waals surface area contributed by atoms with E-state index in [-0.39, 0.29) is 44.0 Å². The molecule has 6 heteroatoms. The number of carbonyl (C=O) groups excluding carboxylic acids is 3. The summed E-state index contributed by atoms with van der Waals surface area (Å²) in [4.78, 5) is 38.1. The topological polar surface area (TPSA) is 78.9 Å². The van der Waals surface area contributed by atoms with Crippen LogP contribution in [-0.4, -0.2) is 37.2 Å². The molecule has 0 spiro atoms. The van der Waals surface area contributed by atoms with Crippen molar-refractivity contribution in [3.05, 3.63) is 146 Å². The number of hydrogen-bond acceptors (Lipinski definition) is 6. The van der Waals surface area contributed by atoms with Crippen molar-refractivity contribution in [1.29, 1.82) is 0 Å². The molecule has 6 nitrogen and oxygen atoms in total. The Morgan fingerprint density at radius 2 is 0.620 bits per heavy atom. The molecule has 0 radical (unpaired) electrons. The summed E-state index contributed by atoms with van der Waals surface area (Å²) < 4.78 is 16.7. The lowest BCUT2D eigenvalue weighted by Crippen LogP contribution is -2.30. The Kier molecular flexibility index (Phi) is 54.0. The predicted octanol–water partition coefficient (Wildman–Crippen LogP) is 19.2. The summed E-state index contributed by atoms with van der Waals surface area (Å²) in [5.41, 5.74) is 0. The van der Waals surface area contributed by atoms with Crippen molar-refractivity contribution in [3.63, 3.8) is 0 Å². The van der Waals surface area contributed by atoms with Crippen LogP contribution in [0.3, 0.4) is 0 Å². The number of unbranched alkanes of at least 4 members (excludes halogenated alkanes) is 15. The SMILES string of the molecule is CC/C=C\C/C=C\C/C=C\C/C=C\C/C=C\CCCCCC(=O)OCC(COC(=O)CC/C=C\C/C=C\C/C=C\C/C=C\C/C=C\CC)OC(=O)CCCCCCC/C=C\C=C/CCCCCCCCC. The van der Waals surface area contributed by atoms with Gasteiger partial charge in [0.25, 0.3) is 0 Å². The molecule has 1 atom stereocenters. The van der Waals surface area contributed by atoms with Gasteiger partial charge in [0.05, 0.1) is 0 Å². The molecule has 398 valence electrons. The number of rotatable bonds is 49. The van der Waals surface area contributed by atoms with Gasteiger partial charge in [0.2, 0.25) is 0 Å². The molecular weight excluding hydrogens is 877 g/mol. The highest BCUT2D eigenvalue weighted by Crippen LogP contribution is 2.12. The monoisotopic (exact) mass is 979 g/mol. The smallest absolute Gasteiger partial charge is 0.306 e. The van der Waals surface area contributed by atoms with E-state index in [0.29, 0.717) is 12.8 Å². The van der Waals surface area contributed by atoms with Crippen molar-refractivity contribution < 1.29 is 28.6 Å². The first-order valence-electron chi connectivity index (χ1n) is 28.4. The van der Waals surface area contributed by atoms with Gasteiger partial charge in [0, 0.05) is 19.3 Å². The molecule has 0 rings (SSSR count). The van der Waals surface area contributed by atoms with Gasteiger partial charge in [-0.3, -0.25) is 14.4 Å². The lowest BCUT2D eigenvalue weighted by Gasteiger charge is -2.18. The molecule has 0 aliphatic rings. The van der Waals surface area contributed by atoms with Crippen molar-refractivity contribution in [2.45, 2.75) is 232 Å². The Hall–Kier alpha value is -4.71. The van der Waals surface area contributed by atoms with Gasteiger partial charge in [-0.15, -0.1) is 0 Å². The van der Waals surface area contributed by atoms with Gasteiger partial charge in [-0.2, -0.15) is 0 Å². The third-order valence-corrected chi connectivity index (χ3v) is 11.4. The Bertz CT molecular complexity index is 1590. The summed E-state index contributed by atoms with van der Waals surface area (Å²) >= 11 is 0. The lowest BCUT2D eigenvalue weighted by molar-refractivity contribution is -0.166. The van der Waals surface area contributed by atoms with Crippen molar-refractivity contribution in [2.24, 2.45) is 0 Å². The second-order valence-corrected chi connectivity index (χ2v) is 18.1. The molecule has 0 aromatic rings. The van der Waals surface area contributed by atoms with E-state index in [1.54, 1.807) is 0 Å². The minimum Gasteiger partial charge on any atom is -0.462 e. The minimum atomic E-state index is -0.837. The van der Waals surface area contributed by atoms with Gasteiger partial charge < -0.3 is 14.2 Å². The minimum absolute atomic E-state index is 0.130. The molecule has 0 heterocycles. The van der Waals surface area contributed by atoms with Crippen LogP contribution in [0.15, 0.2) is 146 Å². The zero-order valence-corrected chi connectivity index (χ0v) is 45.4. The van der Waals surface area contributed by atoms with E-state index in [1.807, 2.05) is 12.2 Å². The maximum atomic E-state index is 12.9. The van der Waals surface area contributed by atoms with E-state index in [0.717, 1.165) is 135 Å². The number of carbonyl (C=O) groups is 3. The Morgan fingerprint density at radius 3 is 1.04 bits per heavy atom. The quantitative estimate of drug-likeness (QED) is 0.0199. The fraction of sp³-hybridized carbons (Fsp3) is 0.585. The van der Waals surface area contributed by atoms with E-state index in [9.17, 15) is 14.4 Å². The number of esters is 3. The molecule has 0 aromatic heterocycles. The molecule has 0 bridgehead atoms. The number of ether oxygens (including phenoxy) is 3. The number of hydrogen-bond donors (Lipinski definition) is 0. The van der Waals surface area contributed by atoms with Crippen LogP contribution in [0.4, 0.5) is 0 Å². The summed E-state index contributed by atoms with van der Waals surface area (Å²) in [6.07, 6.45) is 82.7. The fourth-order valence-corrected chi connectivity index (χ4v) is 7.15. The highest BCUT2D eigenvalue weighted by atomic mass is 16.6. The highest BCUT2D eigenvalue weighted by Gasteiger charge is 2.19. The average Bonchev–Trinajstić information content (AvgIpc) is 3.37. The van der Waals surface area contributed by atoms with Gasteiger partial charge in [-0.05, 0) is 122 Å². The molecule has 71 heavy (non-hydrogen) atoms. The third-order valence-electron chi connectivity index (χ3n) is 11.4. The van der Waals surface area contributed by atoms with Crippen LogP contribution >= 0.6 is 0 Å². The largest absolute Gasteiger partial charge is 0.462 e. The van der Waals surface area contributed by atoms with Crippen LogP contribution in [0.2, 0.25) is 0 Å². The highest BCUT2D eigenvalue weighted by molar-refractivity contribution is 5.71. The summed E-state index contributed by atoms with van der Waals surface area (Å²) in [6, 6.07) is 0. The Labute approximate surface area is 436 Å². The Balaban J connectivity index is 4.60. The Morgan fingerprint density at radius 1 is 0.310 bits per heavy atom. The lowest BCUT2D eigenvalue weighted by atomic mass is 10.1. The second kappa shape index (κ2) is 57.9. The van der Waals surface area contributed by atoms with Crippen molar-refractivity contribution in [1.82, 2.24) is 0 Å². The van der Waals surface area contributed by atoms with Gasteiger partial charge in [0.1, 0.15) is 13.2 Å². The first-order chi connectivity index (χ1) is 35.0. The van der Waals surface area contributed by atoms with Crippen LogP contribution in [-0.2, 0) is 28.6 Å². The first kappa shape index (κ1) is 66.3. The molecule has 0 N–H and O–H groups in total. The summed E-state index contributed by atoms with van der Waals surface area (Å²) in [6.45, 7) is 6.29. The zero-order valence-electron chi connectivity index (χ0n) is 45.4. The van der Waals surface area contributed by atoms with E-state index in [2.05, 4.69) is 154 Å². The van der Waals surface area contributed by atoms with Crippen molar-refractivity contribution >= 4 is 17.9 Å². The van der Waals surface area contributed by atoms with Gasteiger partial charge in [0.15, 0.2) is 6.10 Å². The average molecular weight is 980 g/mol. The first-order valence-corrected chi connectivity index (χ1v) is 28.4. The van der Waals surface area contributed by atoms with Crippen LogP contribution in [0.25, 0.3) is 0 Å². The van der Waals surface area contributed by atoms with E-state index >= 15 is 0 Å². The van der Waals surface area contributed by atoms with Crippen molar-refractivity contribution in [2.75, 3.05) is 13.2 Å². The molecular formula is C65H102O6. The van der Waals surface area contributed by atoms with E-state index in [1.165, 1.54) is 44.9 Å². The van der Waals surface area contributed by atoms with Gasteiger partial charge in [-0.1, -0.05) is 231 Å². The standard InChI is InChI=1S/C65H102O6/c1-4-7-10-13-16-19-22-25-28-31-33-35-37-40-43-46-49-52-55-58-64(67)70-61-62(60-69-63(66)57-54-51-48-45-42-39-36-30-27-24-21-18-15-12-9-6-3)71-65(68)59-56-53-50-47-44-41-38-34-32-29-26-23-20-17-14-11-8-5-2/h7,9-10,12,16,18-19,21,25,27-30,32-35,38-40,42-43,48,51,62H,4-6,8,11,13-15,17,20,22-24,26,31,36-37,41,44-47,49-50,52-61H2,1-3H3/b10-7-,12-9-,19-16-,21-18-,28-25-,30-27-,32-29-,35-33-,38-34-,42-39-,43-40-,51-48-. The molecule has 0 aromatic carbocycles. The maximum absolute atomic E-state index is 12.9. The maximum Gasteiger partial charge on any atom is 0.306 e. The van der Waals surface area contributed by atoms with Crippen LogP contribution in [0, 0.1) is 0 Å². The van der Waals surface area contributed by atoms with Gasteiger partial charge in [-0.25, -0.2) is 0 Å².